The lowest BCUT2D eigenvalue weighted by Crippen LogP contribution is -2.68. The Morgan fingerprint density at radius 2 is 1.80 bits per heavy atom. The van der Waals surface area contributed by atoms with Gasteiger partial charge < -0.3 is 9.80 Å². The topological polar surface area (TPSA) is 55.9 Å². The number of carbonyl (C=O) groups is 2. The molecule has 1 aliphatic carbocycles. The number of carbonyl (C=O) groups excluding carboxylic acids is 2. The van der Waals surface area contributed by atoms with Gasteiger partial charge in [0.15, 0.2) is 0 Å². The van der Waals surface area contributed by atoms with Gasteiger partial charge in [0.1, 0.15) is 11.9 Å². The molecule has 5 rings (SSSR count). The maximum absolute atomic E-state index is 13.4. The molecule has 7 heteroatoms. The van der Waals surface area contributed by atoms with Crippen LogP contribution in [0.3, 0.4) is 0 Å². The van der Waals surface area contributed by atoms with Crippen LogP contribution >= 0.6 is 0 Å². The van der Waals surface area contributed by atoms with Gasteiger partial charge in [-0.05, 0) is 62.6 Å². The summed E-state index contributed by atoms with van der Waals surface area (Å²) < 4.78 is 13.4. The first-order chi connectivity index (χ1) is 14.6. The van der Waals surface area contributed by atoms with Gasteiger partial charge >= 0.3 is 0 Å². The summed E-state index contributed by atoms with van der Waals surface area (Å²) in [6.45, 7) is 3.05. The summed E-state index contributed by atoms with van der Waals surface area (Å²) in [4.78, 5) is 30.6. The molecule has 4 fully saturated rings. The van der Waals surface area contributed by atoms with E-state index in [9.17, 15) is 14.0 Å². The van der Waals surface area contributed by atoms with Crippen molar-refractivity contribution in [1.29, 1.82) is 0 Å². The summed E-state index contributed by atoms with van der Waals surface area (Å²) >= 11 is 0. The Labute approximate surface area is 177 Å². The van der Waals surface area contributed by atoms with Gasteiger partial charge in [0.25, 0.3) is 0 Å². The molecule has 4 atom stereocenters. The van der Waals surface area contributed by atoms with Crippen molar-refractivity contribution in [2.75, 3.05) is 19.6 Å². The molecule has 2 amide bonds. The summed E-state index contributed by atoms with van der Waals surface area (Å²) in [5.41, 5.74) is 4.37. The van der Waals surface area contributed by atoms with Crippen LogP contribution in [0, 0.1) is 11.7 Å². The van der Waals surface area contributed by atoms with Gasteiger partial charge in [-0.1, -0.05) is 12.1 Å². The summed E-state index contributed by atoms with van der Waals surface area (Å²) in [6.07, 6.45) is 6.75. The molecule has 0 radical (unpaired) electrons. The van der Waals surface area contributed by atoms with Crippen LogP contribution in [-0.2, 0) is 16.1 Å². The molecule has 4 aliphatic rings. The Bertz CT molecular complexity index is 795. The lowest BCUT2D eigenvalue weighted by Gasteiger charge is -2.52. The molecule has 4 unspecified atom stereocenters. The summed E-state index contributed by atoms with van der Waals surface area (Å²) in [7, 11) is 0. The minimum absolute atomic E-state index is 0.00739. The van der Waals surface area contributed by atoms with E-state index in [0.29, 0.717) is 6.54 Å². The molecule has 1 aromatic carbocycles. The number of halogens is 1. The van der Waals surface area contributed by atoms with Crippen molar-refractivity contribution in [2.24, 2.45) is 5.92 Å². The quantitative estimate of drug-likeness (QED) is 0.825. The fourth-order valence-corrected chi connectivity index (χ4v) is 5.89. The molecule has 0 spiro atoms. The van der Waals surface area contributed by atoms with E-state index in [-0.39, 0.29) is 41.7 Å². The highest BCUT2D eigenvalue weighted by Crippen LogP contribution is 2.38. The van der Waals surface area contributed by atoms with Gasteiger partial charge in [0.05, 0.1) is 0 Å². The number of nitrogens with zero attached hydrogens (tertiary/aromatic N) is 3. The van der Waals surface area contributed by atoms with Crippen LogP contribution in [-0.4, -0.2) is 64.4 Å². The van der Waals surface area contributed by atoms with Gasteiger partial charge in [0, 0.05) is 44.2 Å². The number of benzene rings is 1. The van der Waals surface area contributed by atoms with E-state index in [1.54, 1.807) is 12.1 Å². The minimum atomic E-state index is -0.266. The van der Waals surface area contributed by atoms with Crippen LogP contribution in [0.4, 0.5) is 4.39 Å². The van der Waals surface area contributed by atoms with E-state index in [1.165, 1.54) is 18.6 Å². The first kappa shape index (κ1) is 19.9. The smallest absolute Gasteiger partial charge is 0.242 e. The largest absolute Gasteiger partial charge is 0.342 e. The molecule has 3 aliphatic heterocycles. The van der Waals surface area contributed by atoms with Crippen LogP contribution in [0.2, 0.25) is 0 Å². The monoisotopic (exact) mass is 414 g/mol. The van der Waals surface area contributed by atoms with E-state index in [0.717, 1.165) is 63.7 Å². The van der Waals surface area contributed by atoms with Crippen molar-refractivity contribution in [1.82, 2.24) is 20.2 Å². The van der Waals surface area contributed by atoms with Crippen molar-refractivity contribution in [3.8, 4) is 0 Å². The number of piperazine rings is 1. The van der Waals surface area contributed by atoms with Gasteiger partial charge in [0.2, 0.25) is 11.8 Å². The van der Waals surface area contributed by atoms with Crippen molar-refractivity contribution < 1.29 is 14.0 Å². The van der Waals surface area contributed by atoms with E-state index in [2.05, 4.69) is 10.4 Å². The number of likely N-dealkylation sites (tertiary alicyclic amines) is 1. The third-order valence-corrected chi connectivity index (χ3v) is 7.44. The number of hydrogen-bond donors (Lipinski definition) is 1. The van der Waals surface area contributed by atoms with Crippen molar-refractivity contribution in [3.05, 3.63) is 35.6 Å². The number of piperidine rings is 1. The Balaban J connectivity index is 1.38. The van der Waals surface area contributed by atoms with Gasteiger partial charge in [-0.3, -0.25) is 15.0 Å². The molecule has 0 aromatic heterocycles. The molecule has 1 aromatic rings. The second-order valence-electron chi connectivity index (χ2n) is 9.24. The van der Waals surface area contributed by atoms with Crippen LogP contribution in [0.1, 0.15) is 50.5 Å². The highest BCUT2D eigenvalue weighted by molar-refractivity contribution is 5.84. The lowest BCUT2D eigenvalue weighted by molar-refractivity contribution is -0.158. The zero-order chi connectivity index (χ0) is 20.7. The van der Waals surface area contributed by atoms with Gasteiger partial charge in [-0.15, -0.1) is 0 Å². The zero-order valence-corrected chi connectivity index (χ0v) is 17.4. The Kier molecular flexibility index (Phi) is 5.50. The average Bonchev–Trinajstić information content (AvgIpc) is 3.28. The second-order valence-corrected chi connectivity index (χ2v) is 9.24. The van der Waals surface area contributed by atoms with E-state index in [4.69, 9.17) is 0 Å². The molecular weight excluding hydrogens is 383 g/mol. The summed E-state index contributed by atoms with van der Waals surface area (Å²) in [5.74, 6) is 0.139. The maximum atomic E-state index is 13.4. The number of hydrogen-bond acceptors (Lipinski definition) is 4. The molecule has 30 heavy (non-hydrogen) atoms. The van der Waals surface area contributed by atoms with E-state index < -0.39 is 0 Å². The molecule has 162 valence electrons. The number of hydrazine groups is 1. The third kappa shape index (κ3) is 3.62. The molecular formula is C23H31FN4O2. The predicted molar refractivity (Wildman–Crippen MR) is 111 cm³/mol. The summed E-state index contributed by atoms with van der Waals surface area (Å²) in [5, 5.41) is 2.18. The molecule has 0 bridgehead atoms. The number of nitrogens with one attached hydrogen (secondary N) is 1. The standard InChI is InChI=1S/C23H31FN4O2/c24-18-7-4-16(5-8-18)15-27-21-14-17(22(29)26-12-2-1-3-13-26)6-9-19(21)28-20(23(27)30)10-11-25-28/h4-5,7-8,17,19-21,25H,1-3,6,9-15H2. The van der Waals surface area contributed by atoms with Gasteiger partial charge in [-0.2, -0.15) is 0 Å². The fourth-order valence-electron chi connectivity index (χ4n) is 5.89. The van der Waals surface area contributed by atoms with Gasteiger partial charge in [-0.25, -0.2) is 9.40 Å². The number of rotatable bonds is 3. The normalized spacial score (nSPS) is 32.1. The first-order valence-corrected chi connectivity index (χ1v) is 11.5. The summed E-state index contributed by atoms with van der Waals surface area (Å²) in [6, 6.07) is 6.55. The number of fused-ring (bicyclic) bond motifs is 3. The molecule has 3 heterocycles. The van der Waals surface area contributed by atoms with Crippen LogP contribution < -0.4 is 5.43 Å². The minimum Gasteiger partial charge on any atom is -0.342 e. The van der Waals surface area contributed by atoms with Crippen molar-refractivity contribution in [2.45, 2.75) is 69.6 Å². The van der Waals surface area contributed by atoms with Crippen LogP contribution in [0.25, 0.3) is 0 Å². The Morgan fingerprint density at radius 1 is 1.03 bits per heavy atom. The lowest BCUT2D eigenvalue weighted by atomic mass is 9.78. The molecule has 1 N–H and O–H groups in total. The maximum Gasteiger partial charge on any atom is 0.242 e. The van der Waals surface area contributed by atoms with Crippen molar-refractivity contribution >= 4 is 11.8 Å². The first-order valence-electron chi connectivity index (χ1n) is 11.5. The Hall–Kier alpha value is -1.99. The average molecular weight is 415 g/mol. The predicted octanol–water partition coefficient (Wildman–Crippen LogP) is 2.30. The van der Waals surface area contributed by atoms with E-state index in [1.807, 2.05) is 9.80 Å². The second kappa shape index (κ2) is 8.27. The molecule has 6 nitrogen and oxygen atoms in total. The third-order valence-electron chi connectivity index (χ3n) is 7.44. The SMILES string of the molecule is O=C(C1CCC2C(C1)N(Cc1ccc(F)cc1)C(=O)C1CCNN12)N1CCCCC1. The van der Waals surface area contributed by atoms with E-state index >= 15 is 0 Å². The zero-order valence-electron chi connectivity index (χ0n) is 17.4. The fraction of sp³-hybridized carbons (Fsp3) is 0.652. The number of amides is 2. The highest BCUT2D eigenvalue weighted by Gasteiger charge is 2.51. The molecule has 3 saturated heterocycles. The Morgan fingerprint density at radius 3 is 2.57 bits per heavy atom. The van der Waals surface area contributed by atoms with Crippen molar-refractivity contribution in [3.63, 3.8) is 0 Å². The van der Waals surface area contributed by atoms with Crippen LogP contribution in [0.5, 0.6) is 0 Å². The molecule has 1 saturated carbocycles. The highest BCUT2D eigenvalue weighted by atomic mass is 19.1. The van der Waals surface area contributed by atoms with Crippen LogP contribution in [0.15, 0.2) is 24.3 Å².